The van der Waals surface area contributed by atoms with Crippen LogP contribution in [0, 0.1) is 0 Å². The van der Waals surface area contributed by atoms with Gasteiger partial charge in [0.15, 0.2) is 22.8 Å². The molecule has 4 aromatic rings. The first-order chi connectivity index (χ1) is 18.9. The smallest absolute Gasteiger partial charge is 0.211 e. The van der Waals surface area contributed by atoms with Crippen LogP contribution < -0.4 is 4.90 Å². The minimum absolute atomic E-state index is 0.467. The van der Waals surface area contributed by atoms with Gasteiger partial charge in [0.1, 0.15) is 5.82 Å². The third-order valence-electron chi connectivity index (χ3n) is 7.38. The quantitative estimate of drug-likeness (QED) is 0.335. The van der Waals surface area contributed by atoms with E-state index in [1.807, 2.05) is 18.2 Å². The lowest BCUT2D eigenvalue weighted by Gasteiger charge is -2.32. The number of aromatic amines is 1. The largest absolute Gasteiger partial charge is 0.383 e. The lowest BCUT2D eigenvalue weighted by atomic mass is 10.1. The molecule has 0 unspecified atom stereocenters. The molecule has 14 heteroatoms. The molecule has 3 aromatic heterocycles. The zero-order chi connectivity index (χ0) is 27.0. The number of imidazole rings is 1. The van der Waals surface area contributed by atoms with Crippen molar-refractivity contribution in [2.75, 3.05) is 77.4 Å². The van der Waals surface area contributed by atoms with Crippen molar-refractivity contribution in [3.8, 4) is 11.4 Å². The molecule has 0 amide bonds. The number of benzene rings is 1. The number of anilines is 1. The van der Waals surface area contributed by atoms with E-state index in [1.165, 1.54) is 10.6 Å². The third kappa shape index (κ3) is 5.22. The highest BCUT2D eigenvalue weighted by atomic mass is 32.2. The summed E-state index contributed by atoms with van der Waals surface area (Å²) in [7, 11) is -1.51. The Labute approximate surface area is 226 Å². The first-order valence-corrected chi connectivity index (χ1v) is 15.0. The summed E-state index contributed by atoms with van der Waals surface area (Å²) in [5, 5.41) is 8.21. The Bertz CT molecular complexity index is 1570. The predicted molar refractivity (Wildman–Crippen MR) is 147 cm³/mol. The van der Waals surface area contributed by atoms with E-state index in [0.29, 0.717) is 64.9 Å². The van der Waals surface area contributed by atoms with Crippen molar-refractivity contribution in [2.45, 2.75) is 13.1 Å². The van der Waals surface area contributed by atoms with Gasteiger partial charge in [0.25, 0.3) is 0 Å². The Kier molecular flexibility index (Phi) is 7.20. The van der Waals surface area contributed by atoms with Crippen molar-refractivity contribution < 1.29 is 17.9 Å². The van der Waals surface area contributed by atoms with E-state index in [-0.39, 0.29) is 0 Å². The summed E-state index contributed by atoms with van der Waals surface area (Å²) >= 11 is 0. The van der Waals surface area contributed by atoms with Crippen molar-refractivity contribution in [1.82, 2.24) is 38.9 Å². The molecule has 39 heavy (non-hydrogen) atoms. The second-order valence-electron chi connectivity index (χ2n) is 9.89. The third-order valence-corrected chi connectivity index (χ3v) is 8.68. The normalized spacial score (nSPS) is 17.9. The van der Waals surface area contributed by atoms with E-state index < -0.39 is 10.0 Å². The maximum absolute atomic E-state index is 12.0. The number of piperazine rings is 1. The number of nitrogens with zero attached hydrogens (tertiary/aromatic N) is 8. The number of hydrogen-bond acceptors (Lipinski definition) is 10. The van der Waals surface area contributed by atoms with Crippen LogP contribution in [-0.4, -0.2) is 120 Å². The van der Waals surface area contributed by atoms with Gasteiger partial charge in [-0.05, 0) is 6.07 Å². The topological polar surface area (TPSA) is 135 Å². The average molecular weight is 556 g/mol. The molecule has 0 spiro atoms. The number of H-pyrrole nitrogens is 1. The van der Waals surface area contributed by atoms with Crippen LogP contribution in [0.2, 0.25) is 0 Å². The van der Waals surface area contributed by atoms with Crippen LogP contribution >= 0.6 is 0 Å². The summed E-state index contributed by atoms with van der Waals surface area (Å²) < 4.78 is 38.7. The Morgan fingerprint density at radius 1 is 1.05 bits per heavy atom. The summed E-state index contributed by atoms with van der Waals surface area (Å²) in [6.45, 7) is 6.55. The van der Waals surface area contributed by atoms with Crippen LogP contribution in [0.1, 0.15) is 5.82 Å². The van der Waals surface area contributed by atoms with Gasteiger partial charge in [-0.25, -0.2) is 23.4 Å². The Balaban J connectivity index is 1.44. The average Bonchev–Trinajstić information content (AvgIpc) is 3.56. The highest BCUT2D eigenvalue weighted by molar-refractivity contribution is 7.88. The molecule has 0 aliphatic carbocycles. The summed E-state index contributed by atoms with van der Waals surface area (Å²) in [4.78, 5) is 19.7. The summed E-state index contributed by atoms with van der Waals surface area (Å²) in [6.07, 6.45) is 3.07. The molecule has 2 fully saturated rings. The number of rotatable bonds is 8. The molecular weight excluding hydrogens is 522 g/mol. The SMILES string of the molecule is COCCn1c(CN2CCN(S(C)(=O)=O)CC2)nc2c(N3CCOCC3)nc(-c3cccc4[nH]ncc34)nc21. The summed E-state index contributed by atoms with van der Waals surface area (Å²) in [5.74, 6) is 2.26. The van der Waals surface area contributed by atoms with Crippen LogP contribution in [0.4, 0.5) is 5.82 Å². The van der Waals surface area contributed by atoms with Crippen LogP contribution in [0.3, 0.4) is 0 Å². The number of ether oxygens (including phenoxy) is 2. The van der Waals surface area contributed by atoms with Gasteiger partial charge >= 0.3 is 0 Å². The fourth-order valence-corrected chi connectivity index (χ4v) is 6.09. The van der Waals surface area contributed by atoms with Crippen LogP contribution in [0.5, 0.6) is 0 Å². The van der Waals surface area contributed by atoms with Gasteiger partial charge in [0.2, 0.25) is 10.0 Å². The standard InChI is InChI=1S/C25H33N9O4S/c1-37-13-12-34-21(17-31-6-8-33(9-7-31)39(2,35)36)27-22-24(32-10-14-38-15-11-32)28-23(29-25(22)34)18-4-3-5-20-19(18)16-26-30-20/h3-5,16H,6-15,17H2,1-2H3,(H,26,30). The van der Waals surface area contributed by atoms with Gasteiger partial charge in [-0.1, -0.05) is 12.1 Å². The van der Waals surface area contributed by atoms with Crippen molar-refractivity contribution >= 4 is 37.9 Å². The predicted octanol–water partition coefficient (Wildman–Crippen LogP) is 0.930. The maximum atomic E-state index is 12.0. The van der Waals surface area contributed by atoms with E-state index in [0.717, 1.165) is 52.4 Å². The first-order valence-electron chi connectivity index (χ1n) is 13.1. The number of fused-ring (bicyclic) bond motifs is 2. The monoisotopic (exact) mass is 555 g/mol. The molecule has 0 radical (unpaired) electrons. The molecule has 1 aromatic carbocycles. The molecule has 2 aliphatic heterocycles. The first kappa shape index (κ1) is 26.1. The zero-order valence-corrected chi connectivity index (χ0v) is 23.0. The van der Waals surface area contributed by atoms with Crippen LogP contribution in [-0.2, 0) is 32.6 Å². The van der Waals surface area contributed by atoms with Crippen molar-refractivity contribution in [1.29, 1.82) is 0 Å². The molecule has 0 atom stereocenters. The molecule has 1 N–H and O–H groups in total. The Hall–Kier alpha value is -3.17. The van der Waals surface area contributed by atoms with E-state index >= 15 is 0 Å². The van der Waals surface area contributed by atoms with E-state index in [1.54, 1.807) is 13.3 Å². The minimum Gasteiger partial charge on any atom is -0.383 e. The van der Waals surface area contributed by atoms with Crippen molar-refractivity contribution in [2.24, 2.45) is 0 Å². The molecule has 5 heterocycles. The van der Waals surface area contributed by atoms with Gasteiger partial charge < -0.3 is 18.9 Å². The number of hydrogen-bond donors (Lipinski definition) is 1. The van der Waals surface area contributed by atoms with E-state index in [9.17, 15) is 8.42 Å². The van der Waals surface area contributed by atoms with Gasteiger partial charge in [0, 0.05) is 63.9 Å². The molecule has 208 valence electrons. The summed E-state index contributed by atoms with van der Waals surface area (Å²) in [6, 6.07) is 5.97. The second-order valence-corrected chi connectivity index (χ2v) is 11.9. The molecule has 13 nitrogen and oxygen atoms in total. The molecular formula is C25H33N9O4S. The number of nitrogens with one attached hydrogen (secondary N) is 1. The molecule has 2 saturated heterocycles. The number of sulfonamides is 1. The van der Waals surface area contributed by atoms with Gasteiger partial charge in [-0.2, -0.15) is 9.40 Å². The molecule has 0 bridgehead atoms. The lowest BCUT2D eigenvalue weighted by molar-refractivity contribution is 0.122. The van der Waals surface area contributed by atoms with Gasteiger partial charge in [0.05, 0.1) is 44.3 Å². The lowest BCUT2D eigenvalue weighted by Crippen LogP contribution is -2.48. The van der Waals surface area contributed by atoms with E-state index in [4.69, 9.17) is 24.4 Å². The molecule has 2 aliphatic rings. The zero-order valence-electron chi connectivity index (χ0n) is 22.2. The second kappa shape index (κ2) is 10.8. The highest BCUT2D eigenvalue weighted by Crippen LogP contribution is 2.32. The molecule has 0 saturated carbocycles. The maximum Gasteiger partial charge on any atom is 0.211 e. The van der Waals surface area contributed by atoms with Crippen LogP contribution in [0.15, 0.2) is 24.4 Å². The Morgan fingerprint density at radius 2 is 1.85 bits per heavy atom. The van der Waals surface area contributed by atoms with Gasteiger partial charge in [-0.15, -0.1) is 0 Å². The fourth-order valence-electron chi connectivity index (χ4n) is 5.27. The number of methoxy groups -OCH3 is 1. The fraction of sp³-hybridized carbons (Fsp3) is 0.520. The highest BCUT2D eigenvalue weighted by Gasteiger charge is 2.27. The van der Waals surface area contributed by atoms with E-state index in [2.05, 4.69) is 24.6 Å². The van der Waals surface area contributed by atoms with Gasteiger partial charge in [-0.3, -0.25) is 10.00 Å². The summed E-state index contributed by atoms with van der Waals surface area (Å²) in [5.41, 5.74) is 3.33. The van der Waals surface area contributed by atoms with Crippen molar-refractivity contribution in [3.05, 3.63) is 30.2 Å². The van der Waals surface area contributed by atoms with Crippen LogP contribution in [0.25, 0.3) is 33.5 Å². The van der Waals surface area contributed by atoms with Crippen molar-refractivity contribution in [3.63, 3.8) is 0 Å². The Morgan fingerprint density at radius 3 is 2.59 bits per heavy atom. The minimum atomic E-state index is -3.19. The number of aromatic nitrogens is 6. The molecule has 6 rings (SSSR count). The number of morpholine rings is 1.